The molecule has 3 N–H and O–H groups in total. The summed E-state index contributed by atoms with van der Waals surface area (Å²) < 4.78 is 0. The summed E-state index contributed by atoms with van der Waals surface area (Å²) in [6.45, 7) is 2.00. The Morgan fingerprint density at radius 1 is 0.950 bits per heavy atom. The van der Waals surface area contributed by atoms with Gasteiger partial charge in [-0.3, -0.25) is 9.78 Å². The maximum Gasteiger partial charge on any atom is 0.326 e. The van der Waals surface area contributed by atoms with Crippen LogP contribution in [0.4, 0.5) is 0 Å². The number of aryl methyl sites for hydroxylation is 3. The van der Waals surface area contributed by atoms with Crippen molar-refractivity contribution in [3.8, 4) is 11.1 Å². The Balaban J connectivity index is 1.62. The molecule has 0 saturated heterocycles. The lowest BCUT2D eigenvalue weighted by Gasteiger charge is -2.18. The van der Waals surface area contributed by atoms with E-state index in [0.29, 0.717) is 30.6 Å². The summed E-state index contributed by atoms with van der Waals surface area (Å²) in [5.41, 5.74) is 6.77. The highest BCUT2D eigenvalue weighted by molar-refractivity contribution is 7.98. The lowest BCUT2D eigenvalue weighted by molar-refractivity contribution is -0.139. The molecule has 3 aromatic carbocycles. The second kappa shape index (κ2) is 13.9. The number of pyridine rings is 1. The molecule has 2 unspecified atom stereocenters. The normalized spacial score (nSPS) is 12.5. The van der Waals surface area contributed by atoms with Crippen molar-refractivity contribution >= 4 is 23.6 Å². The number of nitrogens with one attached hydrogen (secondary N) is 1. The highest BCUT2D eigenvalue weighted by atomic mass is 32.2. The molecule has 40 heavy (non-hydrogen) atoms. The first kappa shape index (κ1) is 29.1. The predicted molar refractivity (Wildman–Crippen MR) is 161 cm³/mol. The Hall–Kier alpha value is -3.94. The number of carboxylic acids is 1. The summed E-state index contributed by atoms with van der Waals surface area (Å²) in [4.78, 5) is 29.4. The molecule has 4 aromatic rings. The SMILES string of the molecule is CSCCC(NC(=O)c1ccc(CCc2cnccc2C(O)c2ccccc2)cc1-c1ccccc1C)C(=O)O. The molecule has 2 atom stereocenters. The number of aliphatic hydroxyl groups excluding tert-OH is 1. The van der Waals surface area contributed by atoms with Crippen molar-refractivity contribution in [2.24, 2.45) is 0 Å². The Labute approximate surface area is 239 Å². The summed E-state index contributed by atoms with van der Waals surface area (Å²) in [5, 5.41) is 23.4. The van der Waals surface area contributed by atoms with Crippen molar-refractivity contribution in [3.63, 3.8) is 0 Å². The summed E-state index contributed by atoms with van der Waals surface area (Å²) in [6, 6.07) is 24.0. The van der Waals surface area contributed by atoms with Gasteiger partial charge in [-0.2, -0.15) is 11.8 Å². The van der Waals surface area contributed by atoms with Crippen LogP contribution in [0.2, 0.25) is 0 Å². The van der Waals surface area contributed by atoms with Gasteiger partial charge in [0, 0.05) is 18.0 Å². The van der Waals surface area contributed by atoms with E-state index in [1.165, 1.54) is 0 Å². The van der Waals surface area contributed by atoms with Crippen LogP contribution in [-0.2, 0) is 17.6 Å². The van der Waals surface area contributed by atoms with Gasteiger partial charge in [0.05, 0.1) is 0 Å². The van der Waals surface area contributed by atoms with E-state index in [4.69, 9.17) is 0 Å². The molecule has 0 aliphatic rings. The number of rotatable bonds is 12. The molecule has 0 saturated carbocycles. The number of hydrogen-bond acceptors (Lipinski definition) is 5. The van der Waals surface area contributed by atoms with Gasteiger partial charge in [0.15, 0.2) is 0 Å². The molecule has 0 radical (unpaired) electrons. The number of carbonyl (C=O) groups excluding carboxylic acids is 1. The van der Waals surface area contributed by atoms with Crippen LogP contribution >= 0.6 is 11.8 Å². The molecule has 6 nitrogen and oxygen atoms in total. The molecule has 206 valence electrons. The van der Waals surface area contributed by atoms with Crippen LogP contribution in [0.1, 0.15) is 50.7 Å². The quantitative estimate of drug-likeness (QED) is 0.203. The number of aromatic nitrogens is 1. The summed E-state index contributed by atoms with van der Waals surface area (Å²) in [6.07, 6.45) is 6.33. The fourth-order valence-corrected chi connectivity index (χ4v) is 5.25. The minimum atomic E-state index is -1.04. The summed E-state index contributed by atoms with van der Waals surface area (Å²) >= 11 is 1.54. The zero-order chi connectivity index (χ0) is 28.5. The van der Waals surface area contributed by atoms with Crippen LogP contribution < -0.4 is 5.32 Å². The summed E-state index contributed by atoms with van der Waals surface area (Å²) in [7, 11) is 0. The van der Waals surface area contributed by atoms with Crippen LogP contribution in [-0.4, -0.2) is 45.1 Å². The second-order valence-electron chi connectivity index (χ2n) is 9.73. The van der Waals surface area contributed by atoms with Gasteiger partial charge < -0.3 is 15.5 Å². The monoisotopic (exact) mass is 554 g/mol. The van der Waals surface area contributed by atoms with Gasteiger partial charge in [-0.15, -0.1) is 0 Å². The van der Waals surface area contributed by atoms with E-state index >= 15 is 0 Å². The van der Waals surface area contributed by atoms with E-state index in [2.05, 4.69) is 10.3 Å². The first-order valence-corrected chi connectivity index (χ1v) is 14.7. The van der Waals surface area contributed by atoms with Crippen LogP contribution in [0.25, 0.3) is 11.1 Å². The van der Waals surface area contributed by atoms with Crippen molar-refractivity contribution in [3.05, 3.63) is 125 Å². The molecule has 1 heterocycles. The molecule has 1 aromatic heterocycles. The second-order valence-corrected chi connectivity index (χ2v) is 10.7. The lowest BCUT2D eigenvalue weighted by Crippen LogP contribution is -2.41. The number of thioether (sulfide) groups is 1. The molecule has 0 fully saturated rings. The Bertz CT molecular complexity index is 1460. The Morgan fingerprint density at radius 3 is 2.42 bits per heavy atom. The van der Waals surface area contributed by atoms with Gasteiger partial charge in [-0.25, -0.2) is 4.79 Å². The number of carbonyl (C=O) groups is 2. The zero-order valence-corrected chi connectivity index (χ0v) is 23.5. The molecule has 4 rings (SSSR count). The van der Waals surface area contributed by atoms with Crippen LogP contribution in [0.3, 0.4) is 0 Å². The third-order valence-corrected chi connectivity index (χ3v) is 7.66. The molecule has 7 heteroatoms. The van der Waals surface area contributed by atoms with Crippen molar-refractivity contribution in [2.75, 3.05) is 12.0 Å². The lowest BCUT2D eigenvalue weighted by atomic mass is 9.91. The molecule has 0 spiro atoms. The van der Waals surface area contributed by atoms with Gasteiger partial charge in [0.2, 0.25) is 0 Å². The zero-order valence-electron chi connectivity index (χ0n) is 22.7. The smallest absolute Gasteiger partial charge is 0.326 e. The number of hydrogen-bond donors (Lipinski definition) is 3. The largest absolute Gasteiger partial charge is 0.480 e. The predicted octanol–water partition coefficient (Wildman–Crippen LogP) is 5.86. The van der Waals surface area contributed by atoms with E-state index in [9.17, 15) is 19.8 Å². The first-order valence-electron chi connectivity index (χ1n) is 13.3. The molecule has 0 aliphatic carbocycles. The maximum absolute atomic E-state index is 13.4. The number of aliphatic hydroxyl groups is 1. The molecule has 1 amide bonds. The fraction of sp³-hybridized carbons (Fsp3) is 0.242. The minimum Gasteiger partial charge on any atom is -0.480 e. The average Bonchev–Trinajstić information content (AvgIpc) is 2.98. The van der Waals surface area contributed by atoms with Crippen molar-refractivity contribution < 1.29 is 19.8 Å². The molecule has 0 aliphatic heterocycles. The number of nitrogens with zero attached hydrogens (tertiary/aromatic N) is 1. The number of aliphatic carboxylic acids is 1. The van der Waals surface area contributed by atoms with E-state index in [1.54, 1.807) is 30.2 Å². The highest BCUT2D eigenvalue weighted by Crippen LogP contribution is 2.30. The van der Waals surface area contributed by atoms with E-state index in [0.717, 1.165) is 38.9 Å². The number of benzene rings is 3. The van der Waals surface area contributed by atoms with Gasteiger partial charge in [-0.05, 0) is 89.3 Å². The van der Waals surface area contributed by atoms with E-state index in [-0.39, 0.29) is 0 Å². The topological polar surface area (TPSA) is 99.5 Å². The van der Waals surface area contributed by atoms with Crippen molar-refractivity contribution in [1.82, 2.24) is 10.3 Å². The van der Waals surface area contributed by atoms with Crippen LogP contribution in [0, 0.1) is 6.92 Å². The third-order valence-electron chi connectivity index (χ3n) is 7.01. The summed E-state index contributed by atoms with van der Waals surface area (Å²) in [5.74, 6) is -0.809. The Morgan fingerprint density at radius 2 is 1.70 bits per heavy atom. The van der Waals surface area contributed by atoms with Gasteiger partial charge >= 0.3 is 5.97 Å². The molecular weight excluding hydrogens is 520 g/mol. The molecular formula is C33H34N2O4S. The maximum atomic E-state index is 13.4. The Kier molecular flexibility index (Phi) is 10.1. The van der Waals surface area contributed by atoms with Gasteiger partial charge in [0.1, 0.15) is 12.1 Å². The van der Waals surface area contributed by atoms with Gasteiger partial charge in [-0.1, -0.05) is 66.7 Å². The van der Waals surface area contributed by atoms with Crippen molar-refractivity contribution in [1.29, 1.82) is 0 Å². The molecule has 0 bridgehead atoms. The van der Waals surface area contributed by atoms with Gasteiger partial charge in [0.25, 0.3) is 5.91 Å². The average molecular weight is 555 g/mol. The third kappa shape index (κ3) is 7.17. The van der Waals surface area contributed by atoms with Crippen molar-refractivity contribution in [2.45, 2.75) is 38.3 Å². The van der Waals surface area contributed by atoms with E-state index < -0.39 is 24.0 Å². The highest BCUT2D eigenvalue weighted by Gasteiger charge is 2.23. The number of amides is 1. The van der Waals surface area contributed by atoms with Crippen LogP contribution in [0.5, 0.6) is 0 Å². The van der Waals surface area contributed by atoms with Crippen LogP contribution in [0.15, 0.2) is 91.3 Å². The minimum absolute atomic E-state index is 0.350. The number of carboxylic acid groups (broad SMARTS) is 1. The standard InChI is InChI=1S/C33H34N2O4S/c1-22-8-6-7-11-26(22)29-20-23(13-15-28(29)32(37)35-30(33(38)39)17-19-40-2)12-14-25-21-34-18-16-27(25)31(36)24-9-4-3-5-10-24/h3-11,13,15-16,18,20-21,30-31,36H,12,14,17,19H2,1-2H3,(H,35,37)(H,38,39). The first-order chi connectivity index (χ1) is 19.4. The fourth-order valence-electron chi connectivity index (χ4n) is 4.78. The van der Waals surface area contributed by atoms with E-state index in [1.807, 2.05) is 86.0 Å².